The molecule has 4 nitrogen and oxygen atoms in total. The lowest BCUT2D eigenvalue weighted by molar-refractivity contribution is -0.143. The summed E-state index contributed by atoms with van der Waals surface area (Å²) < 4.78 is 0.903. The second-order valence-electron chi connectivity index (χ2n) is 3.25. The van der Waals surface area contributed by atoms with Crippen LogP contribution in [0.25, 0.3) is 0 Å². The van der Waals surface area contributed by atoms with E-state index in [0.717, 1.165) is 4.34 Å². The van der Waals surface area contributed by atoms with Crippen molar-refractivity contribution in [3.63, 3.8) is 0 Å². The number of carboxylic acid groups (broad SMARTS) is 1. The highest BCUT2D eigenvalue weighted by molar-refractivity contribution is 8.01. The molecule has 0 aliphatic carbocycles. The molecule has 1 atom stereocenters. The van der Waals surface area contributed by atoms with Gasteiger partial charge in [0, 0.05) is 17.3 Å². The minimum atomic E-state index is -0.884. The average Bonchev–Trinajstić information content (AvgIpc) is 2.67. The van der Waals surface area contributed by atoms with Crippen molar-refractivity contribution in [2.75, 3.05) is 12.3 Å². The number of carbonyl (C=O) groups is 1. The van der Waals surface area contributed by atoms with E-state index < -0.39 is 11.5 Å². The van der Waals surface area contributed by atoms with Crippen LogP contribution in [0.4, 0.5) is 0 Å². The molecule has 15 heavy (non-hydrogen) atoms. The lowest BCUT2D eigenvalue weighted by Crippen LogP contribution is -2.51. The molecule has 0 radical (unpaired) electrons. The molecular formula is C9H14N2O2S2. The van der Waals surface area contributed by atoms with Crippen LogP contribution in [0.2, 0.25) is 0 Å². The van der Waals surface area contributed by atoms with Crippen LogP contribution in [0.5, 0.6) is 0 Å². The second-order valence-corrected chi connectivity index (χ2v) is 5.37. The summed E-state index contributed by atoms with van der Waals surface area (Å²) in [6, 6.07) is 0. The van der Waals surface area contributed by atoms with Gasteiger partial charge in [-0.05, 0) is 13.5 Å². The lowest BCUT2D eigenvalue weighted by Gasteiger charge is -2.24. The maximum Gasteiger partial charge on any atom is 0.324 e. The Balaban J connectivity index is 2.56. The fraction of sp³-hybridized carbons (Fsp3) is 0.556. The van der Waals surface area contributed by atoms with E-state index in [4.69, 9.17) is 5.11 Å². The molecule has 1 rings (SSSR count). The number of hydrogen-bond acceptors (Lipinski definition) is 5. The molecule has 1 aromatic rings. The van der Waals surface area contributed by atoms with Crippen molar-refractivity contribution in [3.8, 4) is 0 Å². The van der Waals surface area contributed by atoms with Crippen LogP contribution in [-0.4, -0.2) is 33.9 Å². The third kappa shape index (κ3) is 3.48. The standard InChI is InChI=1S/C9H14N2O2S2/c1-3-11-9(2,7(12)13)6-15-8-10-4-5-14-8/h4-5,11H,3,6H2,1-2H3,(H,12,13). The first-order chi connectivity index (χ1) is 7.08. The van der Waals surface area contributed by atoms with Crippen molar-refractivity contribution in [2.45, 2.75) is 23.7 Å². The second kappa shape index (κ2) is 5.48. The van der Waals surface area contributed by atoms with Gasteiger partial charge < -0.3 is 10.4 Å². The summed E-state index contributed by atoms with van der Waals surface area (Å²) in [5, 5.41) is 14.0. The van der Waals surface area contributed by atoms with Gasteiger partial charge in [-0.3, -0.25) is 4.79 Å². The summed E-state index contributed by atoms with van der Waals surface area (Å²) in [6.45, 7) is 4.23. The minimum Gasteiger partial charge on any atom is -0.480 e. The molecule has 0 fully saturated rings. The van der Waals surface area contributed by atoms with E-state index in [1.807, 2.05) is 12.3 Å². The van der Waals surface area contributed by atoms with E-state index >= 15 is 0 Å². The van der Waals surface area contributed by atoms with E-state index in [-0.39, 0.29) is 0 Å². The number of carboxylic acids is 1. The van der Waals surface area contributed by atoms with Gasteiger partial charge >= 0.3 is 5.97 Å². The van der Waals surface area contributed by atoms with E-state index in [9.17, 15) is 4.79 Å². The number of nitrogens with one attached hydrogen (secondary N) is 1. The Morgan fingerprint density at radius 2 is 2.53 bits per heavy atom. The van der Waals surface area contributed by atoms with Crippen LogP contribution in [0.3, 0.4) is 0 Å². The molecule has 84 valence electrons. The first-order valence-corrected chi connectivity index (χ1v) is 6.45. The van der Waals surface area contributed by atoms with Crippen molar-refractivity contribution in [1.29, 1.82) is 0 Å². The highest BCUT2D eigenvalue weighted by Crippen LogP contribution is 2.24. The first kappa shape index (κ1) is 12.5. The predicted octanol–water partition coefficient (Wildman–Crippen LogP) is 1.69. The van der Waals surface area contributed by atoms with Gasteiger partial charge in [-0.15, -0.1) is 11.3 Å². The number of thioether (sulfide) groups is 1. The zero-order valence-corrected chi connectivity index (χ0v) is 10.3. The number of hydrogen-bond donors (Lipinski definition) is 2. The highest BCUT2D eigenvalue weighted by atomic mass is 32.2. The third-order valence-corrected chi connectivity index (χ3v) is 4.21. The van der Waals surface area contributed by atoms with Gasteiger partial charge in [0.15, 0.2) is 0 Å². The molecule has 0 aromatic carbocycles. The topological polar surface area (TPSA) is 62.2 Å². The fourth-order valence-electron chi connectivity index (χ4n) is 1.07. The van der Waals surface area contributed by atoms with Crippen LogP contribution in [0.15, 0.2) is 15.9 Å². The van der Waals surface area contributed by atoms with Crippen molar-refractivity contribution < 1.29 is 9.90 Å². The molecule has 0 saturated heterocycles. The smallest absolute Gasteiger partial charge is 0.324 e. The molecule has 0 spiro atoms. The molecule has 0 aliphatic rings. The Morgan fingerprint density at radius 1 is 1.80 bits per heavy atom. The Morgan fingerprint density at radius 3 is 3.00 bits per heavy atom. The number of aromatic nitrogens is 1. The molecule has 6 heteroatoms. The summed E-state index contributed by atoms with van der Waals surface area (Å²) in [6.07, 6.45) is 1.72. The largest absolute Gasteiger partial charge is 0.480 e. The quantitative estimate of drug-likeness (QED) is 0.748. The maximum absolute atomic E-state index is 11.1. The first-order valence-electron chi connectivity index (χ1n) is 4.59. The van der Waals surface area contributed by atoms with Gasteiger partial charge in [0.2, 0.25) is 0 Å². The number of likely N-dealkylation sites (N-methyl/N-ethyl adjacent to an activating group) is 1. The SMILES string of the molecule is CCNC(C)(CSc1nccs1)C(=O)O. The van der Waals surface area contributed by atoms with E-state index in [1.54, 1.807) is 13.1 Å². The molecule has 2 N–H and O–H groups in total. The summed E-state index contributed by atoms with van der Waals surface area (Å²) in [4.78, 5) is 15.2. The fourth-order valence-corrected chi connectivity index (χ4v) is 2.81. The highest BCUT2D eigenvalue weighted by Gasteiger charge is 2.32. The molecule has 1 unspecified atom stereocenters. The third-order valence-electron chi connectivity index (χ3n) is 1.93. The van der Waals surface area contributed by atoms with Crippen molar-refractivity contribution in [1.82, 2.24) is 10.3 Å². The van der Waals surface area contributed by atoms with Crippen LogP contribution >= 0.6 is 23.1 Å². The summed E-state index contributed by atoms with van der Waals surface area (Å²) in [5.41, 5.74) is -0.884. The average molecular weight is 246 g/mol. The number of nitrogens with zero attached hydrogens (tertiary/aromatic N) is 1. The number of thiazole rings is 1. The summed E-state index contributed by atoms with van der Waals surface area (Å²) >= 11 is 2.99. The number of aliphatic carboxylic acids is 1. The lowest BCUT2D eigenvalue weighted by atomic mass is 10.1. The normalized spacial score (nSPS) is 14.8. The van der Waals surface area contributed by atoms with Crippen molar-refractivity contribution in [3.05, 3.63) is 11.6 Å². The monoisotopic (exact) mass is 246 g/mol. The molecule has 1 aromatic heterocycles. The van der Waals surface area contributed by atoms with E-state index in [2.05, 4.69) is 10.3 Å². The minimum absolute atomic E-state index is 0.476. The predicted molar refractivity (Wildman–Crippen MR) is 62.6 cm³/mol. The van der Waals surface area contributed by atoms with E-state index in [0.29, 0.717) is 12.3 Å². The van der Waals surface area contributed by atoms with E-state index in [1.165, 1.54) is 23.1 Å². The van der Waals surface area contributed by atoms with Crippen LogP contribution in [-0.2, 0) is 4.79 Å². The summed E-state index contributed by atoms with van der Waals surface area (Å²) in [7, 11) is 0. The zero-order valence-electron chi connectivity index (χ0n) is 8.69. The van der Waals surface area contributed by atoms with Crippen LogP contribution in [0.1, 0.15) is 13.8 Å². The molecule has 0 aliphatic heterocycles. The van der Waals surface area contributed by atoms with Crippen molar-refractivity contribution >= 4 is 29.1 Å². The van der Waals surface area contributed by atoms with Gasteiger partial charge in [0.1, 0.15) is 9.88 Å². The maximum atomic E-state index is 11.1. The molecule has 0 saturated carbocycles. The zero-order chi connectivity index (χ0) is 11.3. The van der Waals surface area contributed by atoms with Crippen LogP contribution in [0, 0.1) is 0 Å². The van der Waals surface area contributed by atoms with Gasteiger partial charge in [-0.1, -0.05) is 18.7 Å². The Hall–Kier alpha value is -0.590. The Labute approximate surface area is 97.1 Å². The Kier molecular flexibility index (Phi) is 4.56. The van der Waals surface area contributed by atoms with Gasteiger partial charge in [0.05, 0.1) is 0 Å². The number of rotatable bonds is 6. The molecule has 1 heterocycles. The van der Waals surface area contributed by atoms with Gasteiger partial charge in [0.25, 0.3) is 0 Å². The summed E-state index contributed by atoms with van der Waals surface area (Å²) in [5.74, 6) is -0.350. The molecule has 0 bridgehead atoms. The molecule has 0 amide bonds. The van der Waals surface area contributed by atoms with Gasteiger partial charge in [-0.25, -0.2) is 4.98 Å². The van der Waals surface area contributed by atoms with Crippen LogP contribution < -0.4 is 5.32 Å². The van der Waals surface area contributed by atoms with Gasteiger partial charge in [-0.2, -0.15) is 0 Å². The van der Waals surface area contributed by atoms with Crippen molar-refractivity contribution in [2.24, 2.45) is 0 Å². The Bertz CT molecular complexity index is 316. The molecular weight excluding hydrogens is 232 g/mol.